The van der Waals surface area contributed by atoms with Crippen LogP contribution in [0.25, 0.3) is 11.6 Å². The third-order valence-electron chi connectivity index (χ3n) is 3.05. The minimum atomic E-state index is -0.848. The van der Waals surface area contributed by atoms with Crippen molar-refractivity contribution in [2.45, 2.75) is 6.54 Å². The van der Waals surface area contributed by atoms with Crippen LogP contribution in [0.15, 0.2) is 18.2 Å². The van der Waals surface area contributed by atoms with Gasteiger partial charge in [-0.25, -0.2) is 13.5 Å². The fourth-order valence-electron chi connectivity index (χ4n) is 1.97. The molecule has 0 aliphatic rings. The highest BCUT2D eigenvalue weighted by molar-refractivity contribution is 5.91. The van der Waals surface area contributed by atoms with Crippen molar-refractivity contribution in [2.75, 3.05) is 12.3 Å². The Morgan fingerprint density at radius 3 is 2.70 bits per heavy atom. The Labute approximate surface area is 130 Å². The molecule has 1 aromatic heterocycles. The molecule has 0 aliphatic carbocycles. The number of nitrogens with zero attached hydrogens (tertiary/aromatic N) is 4. The lowest BCUT2D eigenvalue weighted by Gasteiger charge is -1.99. The van der Waals surface area contributed by atoms with Gasteiger partial charge >= 0.3 is 0 Å². The summed E-state index contributed by atoms with van der Waals surface area (Å²) < 4.78 is 27.8. The average molecular weight is 315 g/mol. The molecule has 23 heavy (non-hydrogen) atoms. The third kappa shape index (κ3) is 3.18. The lowest BCUT2D eigenvalue weighted by atomic mass is 10.1. The second-order valence-corrected chi connectivity index (χ2v) is 4.50. The summed E-state index contributed by atoms with van der Waals surface area (Å²) in [7, 11) is 0. The smallest absolute Gasteiger partial charge is 0.140 e. The number of nitrogens with two attached hydrogens (primary N) is 1. The summed E-state index contributed by atoms with van der Waals surface area (Å²) in [6.07, 6.45) is 1.15. The first-order valence-corrected chi connectivity index (χ1v) is 6.46. The zero-order valence-corrected chi connectivity index (χ0v) is 11.8. The van der Waals surface area contributed by atoms with E-state index in [0.717, 1.165) is 12.1 Å². The van der Waals surface area contributed by atoms with Crippen molar-refractivity contribution in [1.29, 1.82) is 10.5 Å². The maximum Gasteiger partial charge on any atom is 0.140 e. The number of nitrogen functional groups attached to an aromatic ring is 1. The number of allylic oxidation sites excluding steroid dienone is 1. The number of nitriles is 2. The van der Waals surface area contributed by atoms with E-state index in [2.05, 4.69) is 5.10 Å². The van der Waals surface area contributed by atoms with E-state index in [1.54, 1.807) is 0 Å². The number of halogens is 2. The molecule has 2 rings (SSSR count). The molecule has 0 unspecified atom stereocenters. The second-order valence-electron chi connectivity index (χ2n) is 4.50. The van der Waals surface area contributed by atoms with Gasteiger partial charge in [0.25, 0.3) is 0 Å². The quantitative estimate of drug-likeness (QED) is 0.834. The average Bonchev–Trinajstić information content (AvgIpc) is 2.83. The molecule has 0 aliphatic heterocycles. The Morgan fingerprint density at radius 2 is 2.13 bits per heavy atom. The van der Waals surface area contributed by atoms with Crippen molar-refractivity contribution in [3.05, 3.63) is 46.7 Å². The molecule has 0 atom stereocenters. The molecule has 1 heterocycles. The minimum Gasteiger partial charge on any atom is -0.394 e. The van der Waals surface area contributed by atoms with Gasteiger partial charge in [-0.1, -0.05) is 0 Å². The predicted octanol–water partition coefficient (Wildman–Crippen LogP) is 1.67. The van der Waals surface area contributed by atoms with E-state index < -0.39 is 11.6 Å². The Hall–Kier alpha value is -3.23. The summed E-state index contributed by atoms with van der Waals surface area (Å²) in [4.78, 5) is 0. The Balaban J connectivity index is 2.58. The van der Waals surface area contributed by atoms with Gasteiger partial charge in [0, 0.05) is 11.6 Å². The molecule has 3 N–H and O–H groups in total. The molecule has 0 spiro atoms. The Morgan fingerprint density at radius 1 is 1.39 bits per heavy atom. The third-order valence-corrected chi connectivity index (χ3v) is 3.05. The number of hydrogen-bond donors (Lipinski definition) is 2. The molecule has 0 saturated carbocycles. The SMILES string of the molecule is N#C/C(=C\c1ccc(F)cc1F)c1nn(CCO)c(N)c1C#N. The number of benzene rings is 1. The van der Waals surface area contributed by atoms with E-state index >= 15 is 0 Å². The summed E-state index contributed by atoms with van der Waals surface area (Å²) in [5.74, 6) is -1.59. The zero-order chi connectivity index (χ0) is 17.0. The van der Waals surface area contributed by atoms with Crippen molar-refractivity contribution in [3.8, 4) is 12.1 Å². The molecule has 1 aromatic carbocycles. The van der Waals surface area contributed by atoms with Crippen LogP contribution in [0.4, 0.5) is 14.6 Å². The fourth-order valence-corrected chi connectivity index (χ4v) is 1.97. The topological polar surface area (TPSA) is 112 Å². The van der Waals surface area contributed by atoms with E-state index in [4.69, 9.17) is 10.8 Å². The van der Waals surface area contributed by atoms with Crippen molar-refractivity contribution in [3.63, 3.8) is 0 Å². The number of aromatic nitrogens is 2. The zero-order valence-electron chi connectivity index (χ0n) is 11.8. The second kappa shape index (κ2) is 6.69. The molecule has 6 nitrogen and oxygen atoms in total. The van der Waals surface area contributed by atoms with Gasteiger partial charge in [0.2, 0.25) is 0 Å². The van der Waals surface area contributed by atoms with Crippen molar-refractivity contribution < 1.29 is 13.9 Å². The van der Waals surface area contributed by atoms with Crippen LogP contribution in [0.3, 0.4) is 0 Å². The lowest BCUT2D eigenvalue weighted by Crippen LogP contribution is -2.07. The molecule has 8 heteroatoms. The monoisotopic (exact) mass is 315 g/mol. The number of aliphatic hydroxyl groups is 1. The van der Waals surface area contributed by atoms with E-state index in [0.29, 0.717) is 6.07 Å². The minimum absolute atomic E-state index is 0.00252. The van der Waals surface area contributed by atoms with Crippen molar-refractivity contribution in [2.24, 2.45) is 0 Å². The molecular formula is C15H11F2N5O. The molecular weight excluding hydrogens is 304 g/mol. The van der Waals surface area contributed by atoms with Crippen molar-refractivity contribution in [1.82, 2.24) is 9.78 Å². The summed E-state index contributed by atoms with van der Waals surface area (Å²) in [5, 5.41) is 31.4. The van der Waals surface area contributed by atoms with E-state index in [9.17, 15) is 19.3 Å². The van der Waals surface area contributed by atoms with Crippen molar-refractivity contribution >= 4 is 17.5 Å². The first-order valence-electron chi connectivity index (χ1n) is 6.46. The van der Waals surface area contributed by atoms with Crippen LogP contribution in [0.2, 0.25) is 0 Å². The summed E-state index contributed by atoms with van der Waals surface area (Å²) in [6, 6.07) is 6.56. The summed E-state index contributed by atoms with van der Waals surface area (Å²) >= 11 is 0. The molecule has 0 fully saturated rings. The fraction of sp³-hybridized carbons (Fsp3) is 0.133. The number of rotatable bonds is 4. The van der Waals surface area contributed by atoms with Crippen LogP contribution in [0.1, 0.15) is 16.8 Å². The maximum atomic E-state index is 13.7. The first kappa shape index (κ1) is 16.1. The van der Waals surface area contributed by atoms with Crippen LogP contribution < -0.4 is 5.73 Å². The first-order chi connectivity index (χ1) is 11.0. The standard InChI is InChI=1S/C15H11F2N5O/c16-11-2-1-9(13(17)6-11)5-10(7-18)14-12(8-19)15(20)22(21-14)3-4-23/h1-2,5-6,23H,3-4,20H2/b10-5+. The number of hydrogen-bond acceptors (Lipinski definition) is 5. The van der Waals surface area contributed by atoms with Crippen LogP contribution in [0, 0.1) is 34.3 Å². The normalized spacial score (nSPS) is 11.1. The van der Waals surface area contributed by atoms with E-state index in [1.807, 2.05) is 12.1 Å². The van der Waals surface area contributed by atoms with Gasteiger partial charge in [-0.3, -0.25) is 0 Å². The predicted molar refractivity (Wildman–Crippen MR) is 78.3 cm³/mol. The number of anilines is 1. The van der Waals surface area contributed by atoms with Crippen LogP contribution in [-0.2, 0) is 6.54 Å². The van der Waals surface area contributed by atoms with E-state index in [-0.39, 0.29) is 41.4 Å². The van der Waals surface area contributed by atoms with Gasteiger partial charge < -0.3 is 10.8 Å². The lowest BCUT2D eigenvalue weighted by molar-refractivity contribution is 0.270. The molecule has 0 amide bonds. The van der Waals surface area contributed by atoms with Crippen LogP contribution in [-0.4, -0.2) is 21.5 Å². The maximum absolute atomic E-state index is 13.7. The Bertz CT molecular complexity index is 858. The van der Waals surface area contributed by atoms with E-state index in [1.165, 1.54) is 10.7 Å². The Kier molecular flexibility index (Phi) is 4.69. The summed E-state index contributed by atoms with van der Waals surface area (Å²) in [6.45, 7) is -0.210. The largest absolute Gasteiger partial charge is 0.394 e. The summed E-state index contributed by atoms with van der Waals surface area (Å²) in [5.41, 5.74) is 5.54. The molecule has 2 aromatic rings. The van der Waals surface area contributed by atoms with Gasteiger partial charge in [-0.15, -0.1) is 0 Å². The number of aliphatic hydroxyl groups excluding tert-OH is 1. The van der Waals surface area contributed by atoms with Gasteiger partial charge in [0.1, 0.15) is 40.8 Å². The molecule has 0 radical (unpaired) electrons. The molecule has 116 valence electrons. The van der Waals surface area contributed by atoms with Gasteiger partial charge in [0.15, 0.2) is 0 Å². The van der Waals surface area contributed by atoms with Gasteiger partial charge in [-0.05, 0) is 18.2 Å². The molecule has 0 saturated heterocycles. The van der Waals surface area contributed by atoms with Gasteiger partial charge in [-0.2, -0.15) is 15.6 Å². The van der Waals surface area contributed by atoms with Crippen LogP contribution in [0.5, 0.6) is 0 Å². The molecule has 0 bridgehead atoms. The van der Waals surface area contributed by atoms with Crippen LogP contribution >= 0.6 is 0 Å². The highest BCUT2D eigenvalue weighted by Gasteiger charge is 2.19. The highest BCUT2D eigenvalue weighted by Crippen LogP contribution is 2.25. The van der Waals surface area contributed by atoms with Gasteiger partial charge in [0.05, 0.1) is 18.7 Å². The highest BCUT2D eigenvalue weighted by atomic mass is 19.1.